The minimum absolute atomic E-state index is 0.0939. The van der Waals surface area contributed by atoms with Gasteiger partial charge in [-0.3, -0.25) is 5.32 Å². The predicted molar refractivity (Wildman–Crippen MR) is 63.2 cm³/mol. The molecule has 2 heteroatoms. The van der Waals surface area contributed by atoms with Crippen LogP contribution in [0.25, 0.3) is 0 Å². The monoisotopic (exact) mass is 202 g/mol. The Morgan fingerprint density at radius 1 is 1.27 bits per heavy atom. The number of likely N-dealkylation sites (N-methyl/N-ethyl adjacent to an activating group) is 1. The molecule has 1 aromatic rings. The van der Waals surface area contributed by atoms with E-state index in [-0.39, 0.29) is 11.1 Å². The number of fused-ring (bicyclic) bond motifs is 3. The minimum atomic E-state index is 0.0939. The van der Waals surface area contributed by atoms with Gasteiger partial charge in [0, 0.05) is 18.2 Å². The van der Waals surface area contributed by atoms with Crippen molar-refractivity contribution in [3.63, 3.8) is 0 Å². The Bertz CT molecular complexity index is 415. The van der Waals surface area contributed by atoms with Gasteiger partial charge < -0.3 is 4.90 Å². The summed E-state index contributed by atoms with van der Waals surface area (Å²) >= 11 is 0. The average molecular weight is 202 g/mol. The Morgan fingerprint density at radius 2 is 2.00 bits per heavy atom. The van der Waals surface area contributed by atoms with Gasteiger partial charge in [-0.1, -0.05) is 25.1 Å². The summed E-state index contributed by atoms with van der Waals surface area (Å²) in [4.78, 5) is 2.40. The van der Waals surface area contributed by atoms with Crippen LogP contribution < -0.4 is 10.2 Å². The highest BCUT2D eigenvalue weighted by Crippen LogP contribution is 2.53. The highest BCUT2D eigenvalue weighted by molar-refractivity contribution is 5.66. The average Bonchev–Trinajstić information content (AvgIpc) is 2.63. The molecule has 1 fully saturated rings. The second-order valence-corrected chi connectivity index (χ2v) is 5.16. The molecule has 3 rings (SSSR count). The molecule has 15 heavy (non-hydrogen) atoms. The summed E-state index contributed by atoms with van der Waals surface area (Å²) in [7, 11) is 2.20. The fourth-order valence-corrected chi connectivity index (χ4v) is 3.35. The molecule has 0 aromatic heterocycles. The summed E-state index contributed by atoms with van der Waals surface area (Å²) in [5.74, 6) is 0. The van der Waals surface area contributed by atoms with Gasteiger partial charge in [0.25, 0.3) is 0 Å². The second-order valence-electron chi connectivity index (χ2n) is 5.16. The molecule has 0 spiro atoms. The van der Waals surface area contributed by atoms with Crippen LogP contribution in [0.15, 0.2) is 24.3 Å². The molecule has 1 saturated heterocycles. The first-order valence-electron chi connectivity index (χ1n) is 5.68. The molecule has 0 amide bonds. The minimum Gasteiger partial charge on any atom is -0.356 e. The van der Waals surface area contributed by atoms with Crippen LogP contribution in [0.4, 0.5) is 5.69 Å². The van der Waals surface area contributed by atoms with E-state index in [0.717, 1.165) is 6.54 Å². The molecule has 1 aromatic carbocycles. The van der Waals surface area contributed by atoms with E-state index in [2.05, 4.69) is 55.4 Å². The van der Waals surface area contributed by atoms with Crippen molar-refractivity contribution in [1.82, 2.24) is 5.32 Å². The molecular weight excluding hydrogens is 184 g/mol. The Kier molecular flexibility index (Phi) is 1.57. The Hall–Kier alpha value is -1.02. The lowest BCUT2D eigenvalue weighted by Crippen LogP contribution is -2.57. The van der Waals surface area contributed by atoms with Crippen molar-refractivity contribution in [3.05, 3.63) is 29.8 Å². The third-order valence-corrected chi connectivity index (χ3v) is 4.70. The topological polar surface area (TPSA) is 15.3 Å². The SMILES string of the molecule is CN1c2ccccc2C2(C)CCNC12C. The zero-order valence-electron chi connectivity index (χ0n) is 9.67. The van der Waals surface area contributed by atoms with Crippen molar-refractivity contribution in [2.24, 2.45) is 0 Å². The Labute approximate surface area is 91.3 Å². The van der Waals surface area contributed by atoms with Gasteiger partial charge in [-0.2, -0.15) is 0 Å². The van der Waals surface area contributed by atoms with Gasteiger partial charge >= 0.3 is 0 Å². The van der Waals surface area contributed by atoms with E-state index in [9.17, 15) is 0 Å². The van der Waals surface area contributed by atoms with Crippen molar-refractivity contribution in [2.75, 3.05) is 18.5 Å². The van der Waals surface area contributed by atoms with E-state index in [1.54, 1.807) is 0 Å². The molecule has 0 saturated carbocycles. The maximum atomic E-state index is 3.66. The number of nitrogens with one attached hydrogen (secondary N) is 1. The van der Waals surface area contributed by atoms with Crippen LogP contribution in [-0.4, -0.2) is 19.3 Å². The third kappa shape index (κ3) is 0.847. The molecule has 0 aliphatic carbocycles. The van der Waals surface area contributed by atoms with Crippen LogP contribution in [0, 0.1) is 0 Å². The first kappa shape index (κ1) is 9.22. The van der Waals surface area contributed by atoms with Crippen LogP contribution >= 0.6 is 0 Å². The standard InChI is InChI=1S/C13H18N2/c1-12-8-9-14-13(12,2)15(3)11-7-5-4-6-10(11)12/h4-7,14H,8-9H2,1-3H3. The highest BCUT2D eigenvalue weighted by Gasteiger charge is 2.57. The van der Waals surface area contributed by atoms with Gasteiger partial charge in [0.1, 0.15) is 0 Å². The van der Waals surface area contributed by atoms with Crippen LogP contribution in [-0.2, 0) is 5.41 Å². The van der Waals surface area contributed by atoms with Crippen molar-refractivity contribution in [2.45, 2.75) is 31.3 Å². The quantitative estimate of drug-likeness (QED) is 0.693. The summed E-state index contributed by atoms with van der Waals surface area (Å²) in [6, 6.07) is 8.79. The van der Waals surface area contributed by atoms with E-state index in [1.807, 2.05) is 0 Å². The van der Waals surface area contributed by atoms with Gasteiger partial charge in [0.05, 0.1) is 5.66 Å². The van der Waals surface area contributed by atoms with E-state index in [1.165, 1.54) is 17.7 Å². The highest BCUT2D eigenvalue weighted by atomic mass is 15.4. The summed E-state index contributed by atoms with van der Waals surface area (Å²) in [6.07, 6.45) is 1.23. The number of anilines is 1. The Balaban J connectivity index is 2.27. The van der Waals surface area contributed by atoms with Crippen molar-refractivity contribution < 1.29 is 0 Å². The molecule has 2 aliphatic rings. The van der Waals surface area contributed by atoms with Crippen molar-refractivity contribution in [1.29, 1.82) is 0 Å². The fourth-order valence-electron chi connectivity index (χ4n) is 3.35. The number of hydrogen-bond donors (Lipinski definition) is 1. The lowest BCUT2D eigenvalue weighted by Gasteiger charge is -2.40. The lowest BCUT2D eigenvalue weighted by molar-refractivity contribution is 0.294. The third-order valence-electron chi connectivity index (χ3n) is 4.70. The zero-order chi connectivity index (χ0) is 10.7. The largest absolute Gasteiger partial charge is 0.356 e. The lowest BCUT2D eigenvalue weighted by atomic mass is 9.75. The van der Waals surface area contributed by atoms with Crippen LogP contribution in [0.5, 0.6) is 0 Å². The summed E-state index contributed by atoms with van der Waals surface area (Å²) in [6.45, 7) is 5.82. The first-order chi connectivity index (χ1) is 7.09. The molecule has 2 heterocycles. The molecule has 0 bridgehead atoms. The molecule has 2 nitrogen and oxygen atoms in total. The maximum absolute atomic E-state index is 3.66. The van der Waals surface area contributed by atoms with Gasteiger partial charge in [0.15, 0.2) is 0 Å². The second kappa shape index (κ2) is 2.56. The van der Waals surface area contributed by atoms with Crippen LogP contribution in [0.3, 0.4) is 0 Å². The summed E-state index contributed by atoms with van der Waals surface area (Å²) < 4.78 is 0. The van der Waals surface area contributed by atoms with E-state index < -0.39 is 0 Å². The zero-order valence-corrected chi connectivity index (χ0v) is 9.67. The van der Waals surface area contributed by atoms with E-state index in [4.69, 9.17) is 0 Å². The molecule has 1 N–H and O–H groups in total. The number of benzene rings is 1. The van der Waals surface area contributed by atoms with Crippen LogP contribution in [0.2, 0.25) is 0 Å². The smallest absolute Gasteiger partial charge is 0.0973 e. The number of hydrogen-bond acceptors (Lipinski definition) is 2. The summed E-state index contributed by atoms with van der Waals surface area (Å²) in [5, 5.41) is 3.66. The first-order valence-corrected chi connectivity index (χ1v) is 5.68. The van der Waals surface area contributed by atoms with Crippen molar-refractivity contribution >= 4 is 5.69 Å². The summed E-state index contributed by atoms with van der Waals surface area (Å²) in [5.41, 5.74) is 3.24. The Morgan fingerprint density at radius 3 is 2.80 bits per heavy atom. The fraction of sp³-hybridized carbons (Fsp3) is 0.538. The van der Waals surface area contributed by atoms with Gasteiger partial charge in [-0.05, 0) is 31.5 Å². The van der Waals surface area contributed by atoms with Crippen LogP contribution in [0.1, 0.15) is 25.8 Å². The van der Waals surface area contributed by atoms with Crippen molar-refractivity contribution in [3.8, 4) is 0 Å². The number of para-hydroxylation sites is 1. The molecule has 80 valence electrons. The molecule has 2 unspecified atom stereocenters. The maximum Gasteiger partial charge on any atom is 0.0973 e. The molecule has 0 radical (unpaired) electrons. The number of nitrogens with zero attached hydrogens (tertiary/aromatic N) is 1. The van der Waals surface area contributed by atoms with Gasteiger partial charge in [-0.25, -0.2) is 0 Å². The molecular formula is C13H18N2. The van der Waals surface area contributed by atoms with Gasteiger partial charge in [0.2, 0.25) is 0 Å². The van der Waals surface area contributed by atoms with E-state index in [0.29, 0.717) is 0 Å². The normalized spacial score (nSPS) is 37.9. The number of rotatable bonds is 0. The predicted octanol–water partition coefficient (Wildman–Crippen LogP) is 2.10. The van der Waals surface area contributed by atoms with E-state index >= 15 is 0 Å². The van der Waals surface area contributed by atoms with Gasteiger partial charge in [-0.15, -0.1) is 0 Å². The molecule has 2 aliphatic heterocycles. The molecule has 2 atom stereocenters.